The summed E-state index contributed by atoms with van der Waals surface area (Å²) in [6.07, 6.45) is 0.530. The second-order valence-electron chi connectivity index (χ2n) is 3.79. The number of benzene rings is 1. The lowest BCUT2D eigenvalue weighted by atomic mass is 10.2. The molecule has 1 aromatic carbocycles. The molecule has 1 aliphatic rings. The van der Waals surface area contributed by atoms with E-state index in [0.29, 0.717) is 6.42 Å². The molecule has 1 saturated heterocycles. The van der Waals surface area contributed by atoms with Crippen LogP contribution in [-0.2, 0) is 11.4 Å². The lowest BCUT2D eigenvalue weighted by Crippen LogP contribution is -2.36. The summed E-state index contributed by atoms with van der Waals surface area (Å²) >= 11 is 0. The number of amides is 1. The van der Waals surface area contributed by atoms with E-state index in [4.69, 9.17) is 5.11 Å². The number of carbonyl (C=O) groups is 1. The maximum absolute atomic E-state index is 11.6. The number of carbonyl (C=O) groups excluding carboxylic acids is 1. The van der Waals surface area contributed by atoms with Crippen molar-refractivity contribution in [3.63, 3.8) is 0 Å². The van der Waals surface area contributed by atoms with E-state index in [-0.39, 0.29) is 18.6 Å². The fourth-order valence-electron chi connectivity index (χ4n) is 1.66. The van der Waals surface area contributed by atoms with Crippen LogP contribution in [0.25, 0.3) is 0 Å². The fourth-order valence-corrected chi connectivity index (χ4v) is 1.66. The monoisotopic (exact) mass is 206 g/mol. The summed E-state index contributed by atoms with van der Waals surface area (Å²) in [5.74, 6) is 0.0826. The molecule has 4 heteroatoms. The standard InChI is InChI=1S/C11H14N2O2/c1-8-6-11(15)13(12-8)10-4-2-9(7-14)3-5-10/h2-5,8,12,14H,6-7H2,1H3. The molecule has 0 aromatic heterocycles. The highest BCUT2D eigenvalue weighted by atomic mass is 16.3. The maximum atomic E-state index is 11.6. The molecular formula is C11H14N2O2. The summed E-state index contributed by atoms with van der Waals surface area (Å²) in [5, 5.41) is 10.5. The van der Waals surface area contributed by atoms with Crippen LogP contribution in [0.1, 0.15) is 18.9 Å². The van der Waals surface area contributed by atoms with Gasteiger partial charge in [-0.2, -0.15) is 0 Å². The van der Waals surface area contributed by atoms with Crippen molar-refractivity contribution in [1.29, 1.82) is 0 Å². The fraction of sp³-hybridized carbons (Fsp3) is 0.364. The molecular weight excluding hydrogens is 192 g/mol. The van der Waals surface area contributed by atoms with Crippen LogP contribution in [0.5, 0.6) is 0 Å². The number of aliphatic hydroxyl groups excluding tert-OH is 1. The van der Waals surface area contributed by atoms with Gasteiger partial charge in [-0.1, -0.05) is 12.1 Å². The van der Waals surface area contributed by atoms with Gasteiger partial charge in [0.05, 0.1) is 12.3 Å². The van der Waals surface area contributed by atoms with Crippen LogP contribution >= 0.6 is 0 Å². The average Bonchev–Trinajstić information content (AvgIpc) is 2.58. The Hall–Kier alpha value is -1.39. The lowest BCUT2D eigenvalue weighted by Gasteiger charge is -2.16. The quantitative estimate of drug-likeness (QED) is 0.752. The van der Waals surface area contributed by atoms with Gasteiger partial charge in [0.15, 0.2) is 0 Å². The topological polar surface area (TPSA) is 52.6 Å². The molecule has 1 unspecified atom stereocenters. The number of hydrogen-bond acceptors (Lipinski definition) is 3. The predicted octanol–water partition coefficient (Wildman–Crippen LogP) is 0.809. The number of hydrogen-bond donors (Lipinski definition) is 2. The summed E-state index contributed by atoms with van der Waals surface area (Å²) in [4.78, 5) is 11.6. The Morgan fingerprint density at radius 3 is 2.60 bits per heavy atom. The third-order valence-corrected chi connectivity index (χ3v) is 2.46. The van der Waals surface area contributed by atoms with Crippen LogP contribution in [0.4, 0.5) is 5.69 Å². The molecule has 0 saturated carbocycles. The van der Waals surface area contributed by atoms with Crippen molar-refractivity contribution >= 4 is 11.6 Å². The summed E-state index contributed by atoms with van der Waals surface area (Å²) < 4.78 is 0. The first-order valence-electron chi connectivity index (χ1n) is 4.99. The second kappa shape index (κ2) is 4.00. The highest BCUT2D eigenvalue weighted by Crippen LogP contribution is 2.19. The van der Waals surface area contributed by atoms with Gasteiger partial charge in [-0.3, -0.25) is 4.79 Å². The van der Waals surface area contributed by atoms with Crippen molar-refractivity contribution in [3.8, 4) is 0 Å². The van der Waals surface area contributed by atoms with E-state index in [0.717, 1.165) is 11.3 Å². The Balaban J connectivity index is 2.19. The molecule has 15 heavy (non-hydrogen) atoms. The molecule has 0 radical (unpaired) electrons. The summed E-state index contributed by atoms with van der Waals surface area (Å²) in [6, 6.07) is 7.47. The number of aliphatic hydroxyl groups is 1. The van der Waals surface area contributed by atoms with Crippen LogP contribution in [0, 0.1) is 0 Å². The van der Waals surface area contributed by atoms with Crippen LogP contribution in [0.2, 0.25) is 0 Å². The van der Waals surface area contributed by atoms with Gasteiger partial charge in [0.1, 0.15) is 0 Å². The summed E-state index contributed by atoms with van der Waals surface area (Å²) in [5.41, 5.74) is 4.75. The van der Waals surface area contributed by atoms with E-state index in [9.17, 15) is 4.79 Å². The molecule has 0 spiro atoms. The van der Waals surface area contributed by atoms with E-state index in [1.54, 1.807) is 5.01 Å². The van der Waals surface area contributed by atoms with Gasteiger partial charge < -0.3 is 5.11 Å². The van der Waals surface area contributed by atoms with E-state index in [1.807, 2.05) is 31.2 Å². The van der Waals surface area contributed by atoms with Crippen LogP contribution < -0.4 is 10.4 Å². The van der Waals surface area contributed by atoms with Gasteiger partial charge in [0, 0.05) is 12.5 Å². The van der Waals surface area contributed by atoms with Crippen molar-refractivity contribution in [3.05, 3.63) is 29.8 Å². The molecule has 2 N–H and O–H groups in total. The van der Waals surface area contributed by atoms with Crippen molar-refractivity contribution in [2.24, 2.45) is 0 Å². The number of anilines is 1. The van der Waals surface area contributed by atoms with Crippen molar-refractivity contribution < 1.29 is 9.90 Å². The molecule has 1 atom stereocenters. The molecule has 2 rings (SSSR count). The molecule has 1 fully saturated rings. The molecule has 0 bridgehead atoms. The zero-order valence-corrected chi connectivity index (χ0v) is 8.60. The molecule has 1 aliphatic heterocycles. The smallest absolute Gasteiger partial charge is 0.242 e. The summed E-state index contributed by atoms with van der Waals surface area (Å²) in [7, 11) is 0. The van der Waals surface area contributed by atoms with Crippen LogP contribution in [0.15, 0.2) is 24.3 Å². The Labute approximate surface area is 88.5 Å². The third-order valence-electron chi connectivity index (χ3n) is 2.46. The van der Waals surface area contributed by atoms with E-state index in [2.05, 4.69) is 5.43 Å². The minimum atomic E-state index is 0.0259. The maximum Gasteiger partial charge on any atom is 0.242 e. The van der Waals surface area contributed by atoms with Crippen LogP contribution in [0.3, 0.4) is 0 Å². The molecule has 1 aromatic rings. The van der Waals surface area contributed by atoms with Gasteiger partial charge in [-0.25, -0.2) is 10.4 Å². The lowest BCUT2D eigenvalue weighted by molar-refractivity contribution is -0.117. The molecule has 0 aliphatic carbocycles. The SMILES string of the molecule is CC1CC(=O)N(c2ccc(CO)cc2)N1. The summed E-state index contributed by atoms with van der Waals surface area (Å²) in [6.45, 7) is 2.00. The Morgan fingerprint density at radius 1 is 1.47 bits per heavy atom. The second-order valence-corrected chi connectivity index (χ2v) is 3.79. The van der Waals surface area contributed by atoms with Gasteiger partial charge in [-0.15, -0.1) is 0 Å². The first kappa shape index (κ1) is 10.1. The van der Waals surface area contributed by atoms with Crippen molar-refractivity contribution in [1.82, 2.24) is 5.43 Å². The minimum Gasteiger partial charge on any atom is -0.392 e. The highest BCUT2D eigenvalue weighted by molar-refractivity contribution is 5.94. The van der Waals surface area contributed by atoms with Crippen molar-refractivity contribution in [2.75, 3.05) is 5.01 Å². The molecule has 1 heterocycles. The first-order valence-corrected chi connectivity index (χ1v) is 4.99. The average molecular weight is 206 g/mol. The zero-order valence-electron chi connectivity index (χ0n) is 8.60. The van der Waals surface area contributed by atoms with Gasteiger partial charge >= 0.3 is 0 Å². The van der Waals surface area contributed by atoms with Gasteiger partial charge in [-0.05, 0) is 24.6 Å². The van der Waals surface area contributed by atoms with Crippen molar-refractivity contribution in [2.45, 2.75) is 26.0 Å². The molecule has 80 valence electrons. The Morgan fingerprint density at radius 2 is 2.13 bits per heavy atom. The number of hydrazine groups is 1. The third kappa shape index (κ3) is 2.00. The first-order chi connectivity index (χ1) is 7.20. The van der Waals surface area contributed by atoms with E-state index in [1.165, 1.54) is 0 Å². The predicted molar refractivity (Wildman–Crippen MR) is 57.1 cm³/mol. The number of rotatable bonds is 2. The number of nitrogens with one attached hydrogen (secondary N) is 1. The zero-order chi connectivity index (χ0) is 10.8. The van der Waals surface area contributed by atoms with Gasteiger partial charge in [0.2, 0.25) is 5.91 Å². The molecule has 4 nitrogen and oxygen atoms in total. The minimum absolute atomic E-state index is 0.0259. The molecule has 1 amide bonds. The Kier molecular flexibility index (Phi) is 2.70. The largest absolute Gasteiger partial charge is 0.392 e. The highest BCUT2D eigenvalue weighted by Gasteiger charge is 2.26. The van der Waals surface area contributed by atoms with E-state index < -0.39 is 0 Å². The number of nitrogens with zero attached hydrogens (tertiary/aromatic N) is 1. The normalized spacial score (nSPS) is 21.1. The van der Waals surface area contributed by atoms with Crippen LogP contribution in [-0.4, -0.2) is 17.1 Å². The van der Waals surface area contributed by atoms with E-state index >= 15 is 0 Å². The van der Waals surface area contributed by atoms with Gasteiger partial charge in [0.25, 0.3) is 0 Å². The Bertz CT molecular complexity index is 361.